The van der Waals surface area contributed by atoms with Crippen molar-refractivity contribution < 1.29 is 44.6 Å². The summed E-state index contributed by atoms with van der Waals surface area (Å²) in [6, 6.07) is 13.5. The third-order valence-electron chi connectivity index (χ3n) is 6.32. The van der Waals surface area contributed by atoms with Crippen molar-refractivity contribution in [2.24, 2.45) is 5.92 Å². The van der Waals surface area contributed by atoms with Gasteiger partial charge in [-0.05, 0) is 55.0 Å². The molecule has 9 heteroatoms. The van der Waals surface area contributed by atoms with E-state index < -0.39 is 49.5 Å². The molecule has 2 aromatic carbocycles. The molecule has 1 aliphatic carbocycles. The fraction of sp³-hybridized carbons (Fsp3) is 0.407. The van der Waals surface area contributed by atoms with Crippen molar-refractivity contribution in [1.82, 2.24) is 0 Å². The second-order valence-corrected chi connectivity index (χ2v) is 8.76. The van der Waals surface area contributed by atoms with E-state index in [-0.39, 0.29) is 17.2 Å². The van der Waals surface area contributed by atoms with E-state index >= 15 is 0 Å². The molecule has 5 N–H and O–H groups in total. The predicted molar refractivity (Wildman–Crippen MR) is 130 cm³/mol. The zero-order valence-corrected chi connectivity index (χ0v) is 19.7. The highest BCUT2D eigenvalue weighted by Crippen LogP contribution is 2.35. The normalized spacial score (nSPS) is 22.5. The van der Waals surface area contributed by atoms with Crippen LogP contribution in [0.1, 0.15) is 36.5 Å². The van der Waals surface area contributed by atoms with Gasteiger partial charge in [-0.2, -0.15) is 0 Å². The van der Waals surface area contributed by atoms with Gasteiger partial charge in [-0.3, -0.25) is 9.59 Å². The Bertz CT molecular complexity index is 1020. The van der Waals surface area contributed by atoms with E-state index in [2.05, 4.69) is 0 Å². The zero-order chi connectivity index (χ0) is 26.1. The van der Waals surface area contributed by atoms with Crippen LogP contribution in [0, 0.1) is 5.92 Å². The molecule has 194 valence electrons. The maximum atomic E-state index is 11.9. The lowest BCUT2D eigenvalue weighted by molar-refractivity contribution is -0.130. The van der Waals surface area contributed by atoms with Gasteiger partial charge in [0.05, 0.1) is 12.7 Å². The quantitative estimate of drug-likeness (QED) is 0.214. The van der Waals surface area contributed by atoms with Crippen LogP contribution in [-0.4, -0.2) is 75.2 Å². The SMILES string of the molecule is O=CC=Cc1ccc(OC2CC(C(O)C(O)CO)CCC2Oc2ccccc2C(O)C(=O)CO)cc1. The lowest BCUT2D eigenvalue weighted by Crippen LogP contribution is -2.47. The number of hydrogen-bond acceptors (Lipinski definition) is 9. The van der Waals surface area contributed by atoms with E-state index in [0.717, 1.165) is 5.56 Å². The van der Waals surface area contributed by atoms with Crippen LogP contribution < -0.4 is 9.47 Å². The average molecular weight is 501 g/mol. The summed E-state index contributed by atoms with van der Waals surface area (Å²) in [6.45, 7) is -1.38. The van der Waals surface area contributed by atoms with Gasteiger partial charge in [0.25, 0.3) is 0 Å². The molecule has 0 radical (unpaired) electrons. The number of benzene rings is 2. The fourth-order valence-electron chi connectivity index (χ4n) is 4.34. The summed E-state index contributed by atoms with van der Waals surface area (Å²) < 4.78 is 12.4. The molecule has 0 spiro atoms. The lowest BCUT2D eigenvalue weighted by Gasteiger charge is -2.39. The van der Waals surface area contributed by atoms with Crippen molar-refractivity contribution >= 4 is 18.1 Å². The van der Waals surface area contributed by atoms with Gasteiger partial charge < -0.3 is 35.0 Å². The molecule has 9 nitrogen and oxygen atoms in total. The van der Waals surface area contributed by atoms with Crippen LogP contribution in [0.5, 0.6) is 11.5 Å². The molecule has 0 saturated heterocycles. The molecule has 0 amide bonds. The number of hydrogen-bond donors (Lipinski definition) is 5. The maximum Gasteiger partial charge on any atom is 0.191 e. The number of aldehydes is 1. The number of aliphatic hydroxyl groups is 5. The molecular formula is C27H32O9. The Morgan fingerprint density at radius 3 is 2.36 bits per heavy atom. The number of aliphatic hydroxyl groups excluding tert-OH is 5. The third-order valence-corrected chi connectivity index (χ3v) is 6.32. The van der Waals surface area contributed by atoms with Gasteiger partial charge in [-0.15, -0.1) is 0 Å². The molecule has 3 rings (SSSR count). The molecule has 36 heavy (non-hydrogen) atoms. The summed E-state index contributed by atoms with van der Waals surface area (Å²) in [5.41, 5.74) is 1.03. The Balaban J connectivity index is 1.84. The van der Waals surface area contributed by atoms with E-state index in [1.54, 1.807) is 54.6 Å². The monoisotopic (exact) mass is 500 g/mol. The van der Waals surface area contributed by atoms with Crippen LogP contribution >= 0.6 is 0 Å². The number of para-hydroxylation sites is 1. The molecule has 0 bridgehead atoms. The van der Waals surface area contributed by atoms with E-state index in [9.17, 15) is 30.0 Å². The Morgan fingerprint density at radius 1 is 0.972 bits per heavy atom. The van der Waals surface area contributed by atoms with Gasteiger partial charge >= 0.3 is 0 Å². The van der Waals surface area contributed by atoms with Gasteiger partial charge in [0.2, 0.25) is 0 Å². The van der Waals surface area contributed by atoms with Crippen molar-refractivity contribution in [1.29, 1.82) is 0 Å². The highest BCUT2D eigenvalue weighted by Gasteiger charge is 2.39. The molecular weight excluding hydrogens is 468 g/mol. The molecule has 6 unspecified atom stereocenters. The highest BCUT2D eigenvalue weighted by molar-refractivity contribution is 5.85. The number of Topliss-reactive ketones (excluding diaryl/α,β-unsaturated/α-hetero) is 1. The number of ether oxygens (including phenoxy) is 2. The first-order chi connectivity index (χ1) is 17.4. The minimum absolute atomic E-state index is 0.222. The van der Waals surface area contributed by atoms with Gasteiger partial charge in [0.1, 0.15) is 48.8 Å². The standard InChI is InChI=1S/C27H32O9/c28-13-3-4-17-7-10-19(11-8-17)35-25-14-18(26(33)21(31)15-29)9-12-24(25)36-23-6-2-1-5-20(23)27(34)22(32)16-30/h1-8,10-11,13,18,21,24-27,29-31,33-34H,9,12,14-16H2. The number of rotatable bonds is 12. The van der Waals surface area contributed by atoms with Crippen molar-refractivity contribution in [2.75, 3.05) is 13.2 Å². The Labute approximate surface area is 209 Å². The zero-order valence-electron chi connectivity index (χ0n) is 19.7. The van der Waals surface area contributed by atoms with E-state index in [0.29, 0.717) is 31.3 Å². The third kappa shape index (κ3) is 6.99. The first-order valence-electron chi connectivity index (χ1n) is 11.8. The van der Waals surface area contributed by atoms with Crippen molar-refractivity contribution in [3.63, 3.8) is 0 Å². The maximum absolute atomic E-state index is 11.9. The number of carbonyl (C=O) groups is 2. The largest absolute Gasteiger partial charge is 0.487 e. The fourth-order valence-corrected chi connectivity index (χ4v) is 4.34. The van der Waals surface area contributed by atoms with E-state index in [1.807, 2.05) is 0 Å². The van der Waals surface area contributed by atoms with Gasteiger partial charge in [0, 0.05) is 5.56 Å². The minimum Gasteiger partial charge on any atom is -0.487 e. The lowest BCUT2D eigenvalue weighted by atomic mass is 9.80. The predicted octanol–water partition coefficient (Wildman–Crippen LogP) is 1.20. The van der Waals surface area contributed by atoms with E-state index in [4.69, 9.17) is 14.6 Å². The van der Waals surface area contributed by atoms with Crippen LogP contribution in [0.25, 0.3) is 6.08 Å². The number of carbonyl (C=O) groups excluding carboxylic acids is 2. The number of allylic oxidation sites excluding steroid dienone is 1. The Morgan fingerprint density at radius 2 is 1.69 bits per heavy atom. The summed E-state index contributed by atoms with van der Waals surface area (Å²) in [5, 5.41) is 49.2. The van der Waals surface area contributed by atoms with Gasteiger partial charge in [0.15, 0.2) is 5.78 Å². The van der Waals surface area contributed by atoms with Crippen LogP contribution in [0.3, 0.4) is 0 Å². The molecule has 1 fully saturated rings. The van der Waals surface area contributed by atoms with Crippen LogP contribution in [0.4, 0.5) is 0 Å². The topological polar surface area (TPSA) is 154 Å². The molecule has 2 aromatic rings. The van der Waals surface area contributed by atoms with Crippen molar-refractivity contribution in [3.8, 4) is 11.5 Å². The minimum atomic E-state index is -1.55. The summed E-state index contributed by atoms with van der Waals surface area (Å²) >= 11 is 0. The second-order valence-electron chi connectivity index (χ2n) is 8.76. The second kappa shape index (κ2) is 13.3. The van der Waals surface area contributed by atoms with Gasteiger partial charge in [-0.25, -0.2) is 0 Å². The van der Waals surface area contributed by atoms with Gasteiger partial charge in [-0.1, -0.05) is 36.4 Å². The average Bonchev–Trinajstić information content (AvgIpc) is 2.92. The first kappa shape index (κ1) is 27.5. The van der Waals surface area contributed by atoms with Crippen molar-refractivity contribution in [2.45, 2.75) is 49.8 Å². The van der Waals surface area contributed by atoms with E-state index in [1.165, 1.54) is 6.08 Å². The van der Waals surface area contributed by atoms with Crippen LogP contribution in [-0.2, 0) is 9.59 Å². The molecule has 0 heterocycles. The smallest absolute Gasteiger partial charge is 0.191 e. The molecule has 6 atom stereocenters. The molecule has 1 aliphatic rings. The number of ketones is 1. The Hall–Kier alpha value is -3.08. The summed E-state index contributed by atoms with van der Waals surface area (Å²) in [5.74, 6) is -0.316. The summed E-state index contributed by atoms with van der Waals surface area (Å²) in [4.78, 5) is 22.4. The molecule has 0 aliphatic heterocycles. The Kier molecular flexibility index (Phi) is 10.2. The highest BCUT2D eigenvalue weighted by atomic mass is 16.5. The van der Waals surface area contributed by atoms with Crippen molar-refractivity contribution in [3.05, 3.63) is 65.7 Å². The molecule has 0 aromatic heterocycles. The van der Waals surface area contributed by atoms with Crippen LogP contribution in [0.2, 0.25) is 0 Å². The molecule has 1 saturated carbocycles. The summed E-state index contributed by atoms with van der Waals surface area (Å²) in [6.07, 6.45) is -0.108. The summed E-state index contributed by atoms with van der Waals surface area (Å²) in [7, 11) is 0. The van der Waals surface area contributed by atoms with Crippen LogP contribution in [0.15, 0.2) is 54.6 Å². The first-order valence-corrected chi connectivity index (χ1v) is 11.8.